The summed E-state index contributed by atoms with van der Waals surface area (Å²) in [5.74, 6) is 0. The van der Waals surface area contributed by atoms with Crippen molar-refractivity contribution >= 4 is 27.5 Å². The Labute approximate surface area is 112 Å². The summed E-state index contributed by atoms with van der Waals surface area (Å²) < 4.78 is 2.85. The van der Waals surface area contributed by atoms with Crippen LogP contribution in [-0.2, 0) is 0 Å². The van der Waals surface area contributed by atoms with Gasteiger partial charge < -0.3 is 5.32 Å². The van der Waals surface area contributed by atoms with Gasteiger partial charge >= 0.3 is 0 Å². The van der Waals surface area contributed by atoms with Crippen molar-refractivity contribution in [1.82, 2.24) is 20.3 Å². The van der Waals surface area contributed by atoms with E-state index in [2.05, 4.69) is 31.6 Å². The lowest BCUT2D eigenvalue weighted by Crippen LogP contribution is -2.43. The lowest BCUT2D eigenvalue weighted by atomic mass is 10.1. The number of halogens is 2. The molecule has 1 aliphatic heterocycles. The Kier molecular flexibility index (Phi) is 2.90. The molecule has 17 heavy (non-hydrogen) atoms. The van der Waals surface area contributed by atoms with E-state index in [1.165, 1.54) is 0 Å². The molecule has 0 aliphatic carbocycles. The Bertz CT molecular complexity index is 550. The van der Waals surface area contributed by atoms with Gasteiger partial charge in [-0.25, -0.2) is 4.68 Å². The summed E-state index contributed by atoms with van der Waals surface area (Å²) in [6.45, 7) is 1.91. The van der Waals surface area contributed by atoms with Gasteiger partial charge in [0, 0.05) is 23.1 Å². The minimum absolute atomic E-state index is 0.422. The average molecular weight is 314 g/mol. The number of aromatic nitrogens is 3. The fourth-order valence-electron chi connectivity index (χ4n) is 1.74. The molecule has 2 heterocycles. The van der Waals surface area contributed by atoms with Crippen LogP contribution in [0.1, 0.15) is 6.04 Å². The lowest BCUT2D eigenvalue weighted by Gasteiger charge is -2.26. The highest BCUT2D eigenvalue weighted by Crippen LogP contribution is 2.29. The van der Waals surface area contributed by atoms with Crippen molar-refractivity contribution in [2.75, 3.05) is 13.1 Å². The second-order valence-electron chi connectivity index (χ2n) is 4.02. The molecule has 4 nitrogen and oxygen atoms in total. The molecule has 1 fully saturated rings. The zero-order valence-electron chi connectivity index (χ0n) is 8.90. The SMILES string of the molecule is Clc1cc(Br)ccc1-c1cn(C2CNC2)nn1. The van der Waals surface area contributed by atoms with Gasteiger partial charge in [-0.2, -0.15) is 0 Å². The van der Waals surface area contributed by atoms with Crippen LogP contribution in [0.3, 0.4) is 0 Å². The van der Waals surface area contributed by atoms with E-state index in [1.54, 1.807) is 0 Å². The quantitative estimate of drug-likeness (QED) is 0.926. The topological polar surface area (TPSA) is 42.7 Å². The Balaban J connectivity index is 1.94. The number of hydrogen-bond acceptors (Lipinski definition) is 3. The van der Waals surface area contributed by atoms with Crippen molar-refractivity contribution < 1.29 is 0 Å². The van der Waals surface area contributed by atoms with Crippen molar-refractivity contribution in [2.45, 2.75) is 6.04 Å². The maximum atomic E-state index is 6.18. The third-order valence-electron chi connectivity index (χ3n) is 2.85. The first-order valence-electron chi connectivity index (χ1n) is 5.32. The number of rotatable bonds is 2. The van der Waals surface area contributed by atoms with E-state index in [-0.39, 0.29) is 0 Å². The zero-order valence-corrected chi connectivity index (χ0v) is 11.2. The molecule has 0 bridgehead atoms. The fourth-order valence-corrected chi connectivity index (χ4v) is 2.51. The van der Waals surface area contributed by atoms with Gasteiger partial charge in [-0.05, 0) is 12.1 Å². The molecular formula is C11H10BrClN4. The predicted molar refractivity (Wildman–Crippen MR) is 70.1 cm³/mol. The van der Waals surface area contributed by atoms with Crippen molar-refractivity contribution in [1.29, 1.82) is 0 Å². The smallest absolute Gasteiger partial charge is 0.114 e. The predicted octanol–water partition coefficient (Wildman–Crippen LogP) is 2.51. The molecule has 0 spiro atoms. The monoisotopic (exact) mass is 312 g/mol. The van der Waals surface area contributed by atoms with Gasteiger partial charge in [-0.15, -0.1) is 5.10 Å². The largest absolute Gasteiger partial charge is 0.312 e. The highest BCUT2D eigenvalue weighted by atomic mass is 79.9. The third kappa shape index (κ3) is 2.10. The van der Waals surface area contributed by atoms with Gasteiger partial charge in [-0.1, -0.05) is 38.8 Å². The van der Waals surface area contributed by atoms with Crippen LogP contribution < -0.4 is 5.32 Å². The van der Waals surface area contributed by atoms with Crippen molar-refractivity contribution in [2.24, 2.45) is 0 Å². The average Bonchev–Trinajstić information content (AvgIpc) is 2.64. The molecule has 2 aromatic rings. The molecule has 1 aromatic heterocycles. The lowest BCUT2D eigenvalue weighted by molar-refractivity contribution is 0.313. The Morgan fingerprint density at radius 3 is 2.88 bits per heavy atom. The van der Waals surface area contributed by atoms with Crippen LogP contribution in [0, 0.1) is 0 Å². The normalized spacial score (nSPS) is 15.9. The minimum atomic E-state index is 0.422. The number of hydrogen-bond donors (Lipinski definition) is 1. The minimum Gasteiger partial charge on any atom is -0.312 e. The van der Waals surface area contributed by atoms with Crippen LogP contribution >= 0.6 is 27.5 Å². The summed E-state index contributed by atoms with van der Waals surface area (Å²) in [5, 5.41) is 12.2. The third-order valence-corrected chi connectivity index (χ3v) is 3.66. The number of nitrogens with one attached hydrogen (secondary N) is 1. The molecular weight excluding hydrogens is 304 g/mol. The van der Waals surface area contributed by atoms with E-state index >= 15 is 0 Å². The molecule has 3 rings (SSSR count). The van der Waals surface area contributed by atoms with Crippen LogP contribution in [0.25, 0.3) is 11.3 Å². The van der Waals surface area contributed by atoms with Gasteiger partial charge in [-0.3, -0.25) is 0 Å². The molecule has 88 valence electrons. The fraction of sp³-hybridized carbons (Fsp3) is 0.273. The standard InChI is InChI=1S/C11H10BrClN4/c12-7-1-2-9(10(13)3-7)11-6-17(16-15-11)8-4-14-5-8/h1-3,6,8,14H,4-5H2. The molecule has 1 N–H and O–H groups in total. The van der Waals surface area contributed by atoms with E-state index in [0.717, 1.165) is 28.8 Å². The first-order valence-corrected chi connectivity index (χ1v) is 6.49. The van der Waals surface area contributed by atoms with Crippen LogP contribution in [0.5, 0.6) is 0 Å². The molecule has 6 heteroatoms. The Morgan fingerprint density at radius 2 is 2.24 bits per heavy atom. The van der Waals surface area contributed by atoms with Crippen LogP contribution in [0.2, 0.25) is 5.02 Å². The summed E-state index contributed by atoms with van der Waals surface area (Å²) in [6.07, 6.45) is 1.95. The van der Waals surface area contributed by atoms with E-state index in [9.17, 15) is 0 Å². The zero-order chi connectivity index (χ0) is 11.8. The summed E-state index contributed by atoms with van der Waals surface area (Å²) in [4.78, 5) is 0. The Hall–Kier alpha value is -0.910. The molecule has 1 aliphatic rings. The number of nitrogens with zero attached hydrogens (tertiary/aromatic N) is 3. The molecule has 0 unspecified atom stereocenters. The highest BCUT2D eigenvalue weighted by Gasteiger charge is 2.20. The van der Waals surface area contributed by atoms with Crippen molar-refractivity contribution in [3.05, 3.63) is 33.9 Å². The van der Waals surface area contributed by atoms with E-state index in [1.807, 2.05) is 29.1 Å². The first kappa shape index (κ1) is 11.2. The molecule has 0 saturated carbocycles. The van der Waals surface area contributed by atoms with Gasteiger partial charge in [0.25, 0.3) is 0 Å². The van der Waals surface area contributed by atoms with Crippen molar-refractivity contribution in [3.8, 4) is 11.3 Å². The van der Waals surface area contributed by atoms with Gasteiger partial charge in [0.2, 0.25) is 0 Å². The Morgan fingerprint density at radius 1 is 1.41 bits per heavy atom. The maximum Gasteiger partial charge on any atom is 0.114 e. The first-order chi connectivity index (χ1) is 8.24. The highest BCUT2D eigenvalue weighted by molar-refractivity contribution is 9.10. The van der Waals surface area contributed by atoms with Gasteiger partial charge in [0.05, 0.1) is 17.3 Å². The molecule has 1 saturated heterocycles. The van der Waals surface area contributed by atoms with Gasteiger partial charge in [0.1, 0.15) is 5.69 Å². The summed E-state index contributed by atoms with van der Waals surface area (Å²) in [6, 6.07) is 6.18. The van der Waals surface area contributed by atoms with E-state index in [4.69, 9.17) is 11.6 Å². The van der Waals surface area contributed by atoms with Crippen LogP contribution in [0.15, 0.2) is 28.9 Å². The maximum absolute atomic E-state index is 6.18. The van der Waals surface area contributed by atoms with E-state index in [0.29, 0.717) is 11.1 Å². The molecule has 0 amide bonds. The summed E-state index contributed by atoms with van der Waals surface area (Å²) in [7, 11) is 0. The van der Waals surface area contributed by atoms with Gasteiger partial charge in [0.15, 0.2) is 0 Å². The number of benzene rings is 1. The molecule has 1 aromatic carbocycles. The second kappa shape index (κ2) is 4.40. The second-order valence-corrected chi connectivity index (χ2v) is 5.34. The molecule has 0 radical (unpaired) electrons. The summed E-state index contributed by atoms with van der Waals surface area (Å²) >= 11 is 9.56. The molecule has 0 atom stereocenters. The van der Waals surface area contributed by atoms with Crippen molar-refractivity contribution in [3.63, 3.8) is 0 Å². The summed E-state index contributed by atoms with van der Waals surface area (Å²) in [5.41, 5.74) is 1.72. The van der Waals surface area contributed by atoms with Crippen LogP contribution in [-0.4, -0.2) is 28.1 Å². The van der Waals surface area contributed by atoms with Crippen LogP contribution in [0.4, 0.5) is 0 Å². The van der Waals surface area contributed by atoms with E-state index < -0.39 is 0 Å².